The van der Waals surface area contributed by atoms with Gasteiger partial charge in [0, 0.05) is 21.6 Å². The third-order valence-electron chi connectivity index (χ3n) is 3.04. The molecule has 2 heterocycles. The number of hydrogen-bond acceptors (Lipinski definition) is 5. The first-order chi connectivity index (χ1) is 9.51. The van der Waals surface area contributed by atoms with E-state index >= 15 is 0 Å². The van der Waals surface area contributed by atoms with E-state index in [0.29, 0.717) is 12.2 Å². The minimum Gasteiger partial charge on any atom is -0.344 e. The van der Waals surface area contributed by atoms with Gasteiger partial charge in [0.25, 0.3) is 5.91 Å². The lowest BCUT2D eigenvalue weighted by Crippen LogP contribution is -2.27. The topological polar surface area (TPSA) is 68.0 Å². The lowest BCUT2D eigenvalue weighted by molar-refractivity contribution is 0.0935. The predicted molar refractivity (Wildman–Crippen MR) is 91.8 cm³/mol. The van der Waals surface area contributed by atoms with E-state index in [2.05, 4.69) is 30.2 Å². The number of thiazole rings is 1. The zero-order chi connectivity index (χ0) is 14.7. The summed E-state index contributed by atoms with van der Waals surface area (Å²) in [6.07, 6.45) is 0.719. The first-order valence-corrected chi connectivity index (χ1v) is 8.23. The number of nitrogens with two attached hydrogens (primary N) is 1. The molecule has 0 bridgehead atoms. The molecule has 0 spiro atoms. The van der Waals surface area contributed by atoms with Crippen LogP contribution in [0.1, 0.15) is 43.8 Å². The predicted octanol–water partition coefficient (Wildman–Crippen LogP) is 3.24. The van der Waals surface area contributed by atoms with E-state index in [1.807, 2.05) is 6.92 Å². The highest BCUT2D eigenvalue weighted by atomic mass is 35.5. The number of nitrogens with zero attached hydrogens (tertiary/aromatic N) is 1. The van der Waals surface area contributed by atoms with Crippen LogP contribution in [0, 0.1) is 13.8 Å². The SMILES string of the molecule is Cc1cc(C(C)NC(=O)c2csc(CCN)n2)c(C)s1.Cl. The summed E-state index contributed by atoms with van der Waals surface area (Å²) in [7, 11) is 0. The maximum Gasteiger partial charge on any atom is 0.271 e. The molecule has 1 unspecified atom stereocenters. The Balaban J connectivity index is 0.00000220. The van der Waals surface area contributed by atoms with Crippen molar-refractivity contribution in [2.75, 3.05) is 6.54 Å². The van der Waals surface area contributed by atoms with E-state index in [1.54, 1.807) is 16.7 Å². The Morgan fingerprint density at radius 1 is 1.48 bits per heavy atom. The number of aromatic nitrogens is 1. The second-order valence-electron chi connectivity index (χ2n) is 4.73. The number of hydrogen-bond donors (Lipinski definition) is 2. The van der Waals surface area contributed by atoms with Crippen LogP contribution in [-0.4, -0.2) is 17.4 Å². The van der Waals surface area contributed by atoms with Gasteiger partial charge in [-0.05, 0) is 38.9 Å². The van der Waals surface area contributed by atoms with Crippen molar-refractivity contribution >= 4 is 41.0 Å². The fraction of sp³-hybridized carbons (Fsp3) is 0.429. The number of rotatable bonds is 5. The lowest BCUT2D eigenvalue weighted by atomic mass is 10.1. The number of thiophene rings is 1. The van der Waals surface area contributed by atoms with Crippen LogP contribution in [0.4, 0.5) is 0 Å². The Morgan fingerprint density at radius 2 is 2.19 bits per heavy atom. The molecule has 2 rings (SSSR count). The highest BCUT2D eigenvalue weighted by molar-refractivity contribution is 7.12. The smallest absolute Gasteiger partial charge is 0.271 e. The molecule has 1 amide bonds. The lowest BCUT2D eigenvalue weighted by Gasteiger charge is -2.12. The Labute approximate surface area is 139 Å². The van der Waals surface area contributed by atoms with Gasteiger partial charge < -0.3 is 11.1 Å². The first kappa shape index (κ1) is 18.1. The van der Waals surface area contributed by atoms with Gasteiger partial charge in [0.05, 0.1) is 11.0 Å². The monoisotopic (exact) mass is 345 g/mol. The summed E-state index contributed by atoms with van der Waals surface area (Å²) in [4.78, 5) is 19.0. The van der Waals surface area contributed by atoms with Crippen LogP contribution in [0.3, 0.4) is 0 Å². The molecule has 116 valence electrons. The van der Waals surface area contributed by atoms with Gasteiger partial charge in [0.1, 0.15) is 5.69 Å². The van der Waals surface area contributed by atoms with Gasteiger partial charge in [-0.2, -0.15) is 0 Å². The van der Waals surface area contributed by atoms with Crippen LogP contribution < -0.4 is 11.1 Å². The molecule has 0 aliphatic rings. The average molecular weight is 346 g/mol. The molecule has 7 heteroatoms. The summed E-state index contributed by atoms with van der Waals surface area (Å²) in [5.74, 6) is -0.125. The van der Waals surface area contributed by atoms with E-state index < -0.39 is 0 Å². The second-order valence-corrected chi connectivity index (χ2v) is 7.13. The van der Waals surface area contributed by atoms with Gasteiger partial charge in [-0.3, -0.25) is 4.79 Å². The molecule has 2 aromatic rings. The summed E-state index contributed by atoms with van der Waals surface area (Å²) in [5.41, 5.74) is 7.15. The molecule has 1 atom stereocenters. The number of halogens is 1. The Bertz CT molecular complexity index is 609. The molecule has 2 aromatic heterocycles. The van der Waals surface area contributed by atoms with Crippen molar-refractivity contribution in [3.63, 3.8) is 0 Å². The van der Waals surface area contributed by atoms with Crippen molar-refractivity contribution in [1.29, 1.82) is 0 Å². The van der Waals surface area contributed by atoms with E-state index in [9.17, 15) is 4.79 Å². The van der Waals surface area contributed by atoms with Crippen LogP contribution in [0.5, 0.6) is 0 Å². The molecule has 0 fully saturated rings. The molecular formula is C14H20ClN3OS2. The van der Waals surface area contributed by atoms with E-state index in [0.717, 1.165) is 11.4 Å². The highest BCUT2D eigenvalue weighted by Gasteiger charge is 2.16. The summed E-state index contributed by atoms with van der Waals surface area (Å²) in [6, 6.07) is 2.12. The van der Waals surface area contributed by atoms with Crippen molar-refractivity contribution in [3.05, 3.63) is 37.5 Å². The van der Waals surface area contributed by atoms with E-state index in [-0.39, 0.29) is 24.4 Å². The molecule has 21 heavy (non-hydrogen) atoms. The molecule has 0 saturated carbocycles. The maximum absolute atomic E-state index is 12.2. The molecule has 0 radical (unpaired) electrons. The maximum atomic E-state index is 12.2. The molecule has 0 saturated heterocycles. The van der Waals surface area contributed by atoms with Crippen molar-refractivity contribution in [1.82, 2.24) is 10.3 Å². The molecule has 3 N–H and O–H groups in total. The van der Waals surface area contributed by atoms with Gasteiger partial charge in [-0.25, -0.2) is 4.98 Å². The summed E-state index contributed by atoms with van der Waals surface area (Å²) in [5, 5.41) is 5.70. The van der Waals surface area contributed by atoms with Crippen molar-refractivity contribution in [2.24, 2.45) is 5.73 Å². The fourth-order valence-electron chi connectivity index (χ4n) is 2.08. The number of aryl methyl sites for hydroxylation is 2. The van der Waals surface area contributed by atoms with Gasteiger partial charge in [-0.15, -0.1) is 35.1 Å². The molecular weight excluding hydrogens is 326 g/mol. The van der Waals surface area contributed by atoms with Crippen molar-refractivity contribution < 1.29 is 4.79 Å². The number of carbonyl (C=O) groups excluding carboxylic acids is 1. The number of nitrogens with one attached hydrogen (secondary N) is 1. The zero-order valence-electron chi connectivity index (χ0n) is 12.3. The number of carbonyl (C=O) groups is 1. The molecule has 4 nitrogen and oxygen atoms in total. The minimum absolute atomic E-state index is 0. The van der Waals surface area contributed by atoms with Crippen LogP contribution in [-0.2, 0) is 6.42 Å². The van der Waals surface area contributed by atoms with Gasteiger partial charge in [-0.1, -0.05) is 0 Å². The van der Waals surface area contributed by atoms with Crippen LogP contribution in [0.25, 0.3) is 0 Å². The average Bonchev–Trinajstić information content (AvgIpc) is 2.96. The van der Waals surface area contributed by atoms with Crippen molar-refractivity contribution in [2.45, 2.75) is 33.2 Å². The van der Waals surface area contributed by atoms with Gasteiger partial charge >= 0.3 is 0 Å². The van der Waals surface area contributed by atoms with Crippen LogP contribution in [0.15, 0.2) is 11.4 Å². The van der Waals surface area contributed by atoms with Crippen molar-refractivity contribution in [3.8, 4) is 0 Å². The Morgan fingerprint density at radius 3 is 2.76 bits per heavy atom. The normalized spacial score (nSPS) is 11.8. The summed E-state index contributed by atoms with van der Waals surface area (Å²) >= 11 is 3.24. The van der Waals surface area contributed by atoms with Gasteiger partial charge in [0.2, 0.25) is 0 Å². The third kappa shape index (κ3) is 4.51. The van der Waals surface area contributed by atoms with Gasteiger partial charge in [0.15, 0.2) is 0 Å². The fourth-order valence-corrected chi connectivity index (χ4v) is 3.90. The summed E-state index contributed by atoms with van der Waals surface area (Å²) < 4.78 is 0. The quantitative estimate of drug-likeness (QED) is 0.874. The van der Waals surface area contributed by atoms with Crippen LogP contribution >= 0.6 is 35.1 Å². The molecule has 0 aliphatic heterocycles. The second kappa shape index (κ2) is 7.89. The number of amides is 1. The third-order valence-corrected chi connectivity index (χ3v) is 4.93. The Hall–Kier alpha value is -0.950. The minimum atomic E-state index is -0.125. The molecule has 0 aromatic carbocycles. The highest BCUT2D eigenvalue weighted by Crippen LogP contribution is 2.26. The van der Waals surface area contributed by atoms with E-state index in [4.69, 9.17) is 5.73 Å². The standard InChI is InChI=1S/C14H19N3OS2.ClH/c1-8-6-11(10(3)20-8)9(2)16-14(18)12-7-19-13(17-12)4-5-15;/h6-7,9H,4-5,15H2,1-3H3,(H,16,18);1H. The summed E-state index contributed by atoms with van der Waals surface area (Å²) in [6.45, 7) is 6.71. The first-order valence-electron chi connectivity index (χ1n) is 6.53. The Kier molecular flexibility index (Phi) is 6.80. The van der Waals surface area contributed by atoms with Crippen LogP contribution in [0.2, 0.25) is 0 Å². The molecule has 0 aliphatic carbocycles. The van der Waals surface area contributed by atoms with E-state index in [1.165, 1.54) is 26.7 Å². The largest absolute Gasteiger partial charge is 0.344 e. The zero-order valence-corrected chi connectivity index (χ0v) is 14.8.